The average Bonchev–Trinajstić information content (AvgIpc) is 2.37. The fourth-order valence-electron chi connectivity index (χ4n) is 2.73. The fraction of sp³-hybridized carbons (Fsp3) is 0.933. The van der Waals surface area contributed by atoms with Crippen LogP contribution in [0.15, 0.2) is 0 Å². The third-order valence-corrected chi connectivity index (χ3v) is 9.76. The van der Waals surface area contributed by atoms with Crippen LogP contribution in [-0.2, 0) is 4.79 Å². The van der Waals surface area contributed by atoms with E-state index in [2.05, 4.69) is 32.4 Å². The molecule has 0 bridgehead atoms. The molecule has 0 aliphatic heterocycles. The number of hydrogen-bond acceptors (Lipinski definition) is 1. The van der Waals surface area contributed by atoms with E-state index in [9.17, 15) is 4.79 Å². The first kappa shape index (κ1) is 17.7. The Kier molecular flexibility index (Phi) is 9.43. The van der Waals surface area contributed by atoms with Crippen LogP contribution in [0.1, 0.15) is 66.2 Å². The fourth-order valence-corrected chi connectivity index (χ4v) is 8.19. The van der Waals surface area contributed by atoms with E-state index in [1.165, 1.54) is 56.7 Å². The van der Waals surface area contributed by atoms with E-state index in [-0.39, 0.29) is 5.91 Å². The molecular weight excluding hydrogens is 238 g/mol. The van der Waals surface area contributed by atoms with Gasteiger partial charge in [0.1, 0.15) is 0 Å². The molecule has 0 radical (unpaired) electrons. The Labute approximate surface area is 115 Å². The van der Waals surface area contributed by atoms with Gasteiger partial charge in [-0.1, -0.05) is 59.3 Å². The summed E-state index contributed by atoms with van der Waals surface area (Å²) in [4.78, 5) is 11.8. The minimum Gasteiger partial charge on any atom is -0.372 e. The molecule has 0 rings (SSSR count). The van der Waals surface area contributed by atoms with Gasteiger partial charge in [0.2, 0.25) is 5.91 Å². The van der Waals surface area contributed by atoms with Crippen LogP contribution in [0, 0.1) is 0 Å². The summed E-state index contributed by atoms with van der Waals surface area (Å²) >= 11 is 0. The van der Waals surface area contributed by atoms with Crippen LogP contribution in [0.4, 0.5) is 0 Å². The number of carbonyl (C=O) groups is 1. The first-order valence-corrected chi connectivity index (χ1v) is 10.3. The standard InChI is InChI=1S/C15H33NOSi/c1-6-9-12-18(13-10-7-2,14-11-8-3)16(5)15(4)17/h6-14H2,1-5H3. The van der Waals surface area contributed by atoms with Crippen molar-refractivity contribution in [2.24, 2.45) is 0 Å². The molecule has 0 aromatic rings. The number of unbranched alkanes of at least 4 members (excludes halogenated alkanes) is 3. The lowest BCUT2D eigenvalue weighted by Crippen LogP contribution is -2.53. The topological polar surface area (TPSA) is 20.3 Å². The van der Waals surface area contributed by atoms with Crippen LogP contribution in [0.25, 0.3) is 0 Å². The first-order chi connectivity index (χ1) is 8.54. The van der Waals surface area contributed by atoms with Crippen LogP contribution >= 0.6 is 0 Å². The lowest BCUT2D eigenvalue weighted by Gasteiger charge is -2.40. The summed E-state index contributed by atoms with van der Waals surface area (Å²) in [6.45, 7) is 8.51. The van der Waals surface area contributed by atoms with Gasteiger partial charge in [0.15, 0.2) is 8.24 Å². The molecule has 0 aromatic heterocycles. The molecule has 0 atom stereocenters. The third-order valence-electron chi connectivity index (χ3n) is 4.17. The molecule has 0 saturated carbocycles. The Bertz CT molecular complexity index is 209. The molecule has 3 heteroatoms. The Morgan fingerprint density at radius 3 is 1.44 bits per heavy atom. The second kappa shape index (κ2) is 9.60. The Balaban J connectivity index is 4.89. The zero-order valence-corrected chi connectivity index (χ0v) is 14.2. The SMILES string of the molecule is CCCC[Si](CCCC)(CCCC)N(C)C(C)=O. The van der Waals surface area contributed by atoms with Gasteiger partial charge < -0.3 is 4.57 Å². The smallest absolute Gasteiger partial charge is 0.211 e. The van der Waals surface area contributed by atoms with Crippen molar-refractivity contribution >= 4 is 14.1 Å². The second-order valence-electron chi connectivity index (χ2n) is 5.61. The Morgan fingerprint density at radius 1 is 0.889 bits per heavy atom. The lowest BCUT2D eigenvalue weighted by atomic mass is 10.4. The van der Waals surface area contributed by atoms with Crippen molar-refractivity contribution < 1.29 is 4.79 Å². The zero-order valence-electron chi connectivity index (χ0n) is 13.2. The number of nitrogens with zero attached hydrogens (tertiary/aromatic N) is 1. The number of amides is 1. The van der Waals surface area contributed by atoms with Gasteiger partial charge in [-0.05, 0) is 18.1 Å². The molecule has 108 valence electrons. The van der Waals surface area contributed by atoms with Crippen molar-refractivity contribution in [2.75, 3.05) is 7.05 Å². The highest BCUT2D eigenvalue weighted by molar-refractivity contribution is 6.79. The summed E-state index contributed by atoms with van der Waals surface area (Å²) in [5.41, 5.74) is 0. The molecule has 0 heterocycles. The van der Waals surface area contributed by atoms with Gasteiger partial charge >= 0.3 is 0 Å². The van der Waals surface area contributed by atoms with Gasteiger partial charge in [0.25, 0.3) is 0 Å². The van der Waals surface area contributed by atoms with E-state index < -0.39 is 8.24 Å². The highest BCUT2D eigenvalue weighted by atomic mass is 28.3. The van der Waals surface area contributed by atoms with Crippen molar-refractivity contribution in [1.29, 1.82) is 0 Å². The van der Waals surface area contributed by atoms with E-state index in [0.717, 1.165) is 0 Å². The maximum atomic E-state index is 11.8. The molecule has 1 amide bonds. The average molecular weight is 272 g/mol. The molecule has 0 aromatic carbocycles. The Morgan fingerprint density at radius 2 is 1.22 bits per heavy atom. The molecule has 0 fully saturated rings. The van der Waals surface area contributed by atoms with Gasteiger partial charge in [0, 0.05) is 14.0 Å². The minimum absolute atomic E-state index is 0.282. The largest absolute Gasteiger partial charge is 0.372 e. The highest BCUT2D eigenvalue weighted by Gasteiger charge is 2.37. The normalized spacial score (nSPS) is 11.6. The van der Waals surface area contributed by atoms with Crippen LogP contribution < -0.4 is 0 Å². The molecule has 18 heavy (non-hydrogen) atoms. The summed E-state index contributed by atoms with van der Waals surface area (Å²) < 4.78 is 2.17. The summed E-state index contributed by atoms with van der Waals surface area (Å²) in [7, 11) is 0.524. The minimum atomic E-state index is -1.54. The van der Waals surface area contributed by atoms with Crippen molar-refractivity contribution in [3.05, 3.63) is 0 Å². The number of rotatable bonds is 10. The maximum absolute atomic E-state index is 11.8. The molecule has 0 N–H and O–H groups in total. The Hall–Kier alpha value is -0.313. The van der Waals surface area contributed by atoms with Crippen LogP contribution in [0.5, 0.6) is 0 Å². The van der Waals surface area contributed by atoms with Gasteiger partial charge in [-0.25, -0.2) is 0 Å². The van der Waals surface area contributed by atoms with E-state index in [4.69, 9.17) is 0 Å². The summed E-state index contributed by atoms with van der Waals surface area (Å²) in [6.07, 6.45) is 7.61. The van der Waals surface area contributed by atoms with E-state index in [1.54, 1.807) is 6.92 Å². The van der Waals surface area contributed by atoms with Crippen LogP contribution in [0.3, 0.4) is 0 Å². The van der Waals surface area contributed by atoms with E-state index >= 15 is 0 Å². The highest BCUT2D eigenvalue weighted by Crippen LogP contribution is 2.30. The molecule has 2 nitrogen and oxygen atoms in total. The van der Waals surface area contributed by atoms with Gasteiger partial charge in [-0.3, -0.25) is 4.79 Å². The molecule has 0 aliphatic carbocycles. The van der Waals surface area contributed by atoms with Crippen molar-refractivity contribution in [3.8, 4) is 0 Å². The molecule has 0 aliphatic rings. The van der Waals surface area contributed by atoms with Gasteiger partial charge in [-0.2, -0.15) is 0 Å². The van der Waals surface area contributed by atoms with Crippen molar-refractivity contribution in [1.82, 2.24) is 4.57 Å². The number of hydrogen-bond donors (Lipinski definition) is 0. The van der Waals surface area contributed by atoms with Crippen LogP contribution in [-0.4, -0.2) is 25.8 Å². The summed E-state index contributed by atoms with van der Waals surface area (Å²) in [5.74, 6) is 0.282. The predicted octanol–water partition coefficient (Wildman–Crippen LogP) is 4.81. The van der Waals surface area contributed by atoms with Crippen LogP contribution in [0.2, 0.25) is 18.1 Å². The predicted molar refractivity (Wildman–Crippen MR) is 83.3 cm³/mol. The number of carbonyl (C=O) groups excluding carboxylic acids is 1. The summed E-state index contributed by atoms with van der Waals surface area (Å²) in [5, 5.41) is 0. The third kappa shape index (κ3) is 5.55. The van der Waals surface area contributed by atoms with Crippen molar-refractivity contribution in [2.45, 2.75) is 84.4 Å². The molecule has 0 saturated heterocycles. The summed E-state index contributed by atoms with van der Waals surface area (Å²) in [6, 6.07) is 3.92. The lowest BCUT2D eigenvalue weighted by molar-refractivity contribution is -0.124. The second-order valence-corrected chi connectivity index (χ2v) is 10.2. The van der Waals surface area contributed by atoms with Gasteiger partial charge in [0.05, 0.1) is 0 Å². The molecular formula is C15H33NOSi. The van der Waals surface area contributed by atoms with Gasteiger partial charge in [-0.15, -0.1) is 0 Å². The first-order valence-electron chi connectivity index (χ1n) is 7.78. The van der Waals surface area contributed by atoms with E-state index in [0.29, 0.717) is 0 Å². The van der Waals surface area contributed by atoms with Crippen molar-refractivity contribution in [3.63, 3.8) is 0 Å². The zero-order chi connectivity index (χ0) is 14.0. The molecule has 0 spiro atoms. The maximum Gasteiger partial charge on any atom is 0.211 e. The molecule has 0 unspecified atom stereocenters. The monoisotopic (exact) mass is 271 g/mol. The van der Waals surface area contributed by atoms with E-state index in [1.807, 2.05) is 0 Å². The quantitative estimate of drug-likeness (QED) is 0.522.